The second-order valence-electron chi connectivity index (χ2n) is 27.4. The van der Waals surface area contributed by atoms with Crippen molar-refractivity contribution in [2.75, 3.05) is 0 Å². The van der Waals surface area contributed by atoms with Crippen molar-refractivity contribution in [2.24, 2.45) is 0 Å². The van der Waals surface area contributed by atoms with Crippen LogP contribution in [0.5, 0.6) is 0 Å². The van der Waals surface area contributed by atoms with Crippen LogP contribution >= 0.6 is 0 Å². The van der Waals surface area contributed by atoms with Gasteiger partial charge in [-0.15, -0.1) is 0 Å². The van der Waals surface area contributed by atoms with Crippen LogP contribution in [0.4, 0.5) is 0 Å². The van der Waals surface area contributed by atoms with Crippen molar-refractivity contribution >= 4 is 87.2 Å². The van der Waals surface area contributed by atoms with E-state index in [1.54, 1.807) is 0 Å². The van der Waals surface area contributed by atoms with Gasteiger partial charge in [-0.1, -0.05) is 267 Å². The Balaban J connectivity index is 0.936. The van der Waals surface area contributed by atoms with Gasteiger partial charge in [0.15, 0.2) is 0 Å². The summed E-state index contributed by atoms with van der Waals surface area (Å²) in [6.45, 7) is 0. The Kier molecular flexibility index (Phi) is 10.3. The Hall–Kier alpha value is -13.5. The van der Waals surface area contributed by atoms with Crippen molar-refractivity contribution in [1.82, 2.24) is 18.3 Å². The lowest BCUT2D eigenvalue weighted by atomic mass is 9.70. The van der Waals surface area contributed by atoms with E-state index in [0.717, 1.165) is 98.4 Å². The normalized spacial score (nSPS) is 13.7. The van der Waals surface area contributed by atoms with E-state index in [4.69, 9.17) is 0 Å². The molecule has 6 nitrogen and oxygen atoms in total. The minimum atomic E-state index is -0.612. The molecule has 0 atom stereocenters. The fourth-order valence-electron chi connectivity index (χ4n) is 19.9. The molecule has 6 heteroatoms. The molecule has 4 aliphatic rings. The van der Waals surface area contributed by atoms with Gasteiger partial charge in [0, 0.05) is 43.1 Å². The molecule has 0 fully saturated rings. The van der Waals surface area contributed by atoms with Crippen molar-refractivity contribution < 1.29 is 0 Å². The monoisotopic (exact) mass is 1260 g/mol. The third kappa shape index (κ3) is 6.19. The molecule has 0 amide bonds. The fraction of sp³-hybridized carbons (Fsp3) is 0.0213. The lowest BCUT2D eigenvalue weighted by molar-refractivity contribution is 0.794. The number of para-hydroxylation sites is 6. The van der Waals surface area contributed by atoms with Crippen molar-refractivity contribution in [3.63, 3.8) is 0 Å². The highest BCUT2D eigenvalue weighted by atomic mass is 15.1. The maximum absolute atomic E-state index is 13.4. The van der Waals surface area contributed by atoms with Crippen LogP contribution in [0, 0.1) is 22.7 Å². The second kappa shape index (κ2) is 19.2. The Bertz CT molecular complexity index is 6460. The van der Waals surface area contributed by atoms with Gasteiger partial charge >= 0.3 is 0 Å². The third-order valence-corrected chi connectivity index (χ3v) is 23.3. The summed E-state index contributed by atoms with van der Waals surface area (Å²) in [6, 6.07) is 121. The molecule has 0 saturated carbocycles. The van der Waals surface area contributed by atoms with Gasteiger partial charge in [0.05, 0.1) is 77.7 Å². The first kappa shape index (κ1) is 53.7. The number of nitrogens with zero attached hydrogens (tertiary/aromatic N) is 6. The standard InChI is InChI=1S/C94H52N6/c95-53-67-90(98-79-45-21-9-31-61(79)62-32-10-22-46-80(62)98)92(100-82-48-24-12-36-66(82)88-84(100)52-50-76-86(88)64-34-6-18-42-74(64)94(76)71-39-15-3-27-57(71)58-28-4-16-40-72(58)94)68(54-96)89(97-77-43-19-7-29-59(77)60-30-8-20-44-78(60)97)91(67)99-81-47-23-11-35-65(81)87-83(99)51-49-75-85(87)63-33-5-17-41-73(63)93(75)69-37-13-1-25-55(69)56-26-2-14-38-70(56)93/h1-52H. The quantitative estimate of drug-likeness (QED) is 0.176. The first-order valence-corrected chi connectivity index (χ1v) is 34.4. The molecule has 4 aliphatic carbocycles. The average Bonchev–Trinajstić information content (AvgIpc) is 1.50. The Morgan fingerprint density at radius 1 is 0.200 bits per heavy atom. The number of fused-ring (bicyclic) bond motifs is 34. The minimum Gasteiger partial charge on any atom is -0.306 e. The highest BCUT2D eigenvalue weighted by Gasteiger charge is 2.54. The summed E-state index contributed by atoms with van der Waals surface area (Å²) < 4.78 is 9.34. The Labute approximate surface area is 573 Å². The summed E-state index contributed by atoms with van der Waals surface area (Å²) in [7, 11) is 0. The van der Waals surface area contributed by atoms with Gasteiger partial charge in [0.2, 0.25) is 0 Å². The van der Waals surface area contributed by atoms with Crippen LogP contribution in [0.15, 0.2) is 315 Å². The van der Waals surface area contributed by atoms with E-state index in [-0.39, 0.29) is 0 Å². The van der Waals surface area contributed by atoms with E-state index in [0.29, 0.717) is 33.9 Å². The molecule has 4 heterocycles. The first-order chi connectivity index (χ1) is 49.6. The number of hydrogen-bond donors (Lipinski definition) is 0. The van der Waals surface area contributed by atoms with Crippen LogP contribution in [0.3, 0.4) is 0 Å². The lowest BCUT2D eigenvalue weighted by Crippen LogP contribution is -2.25. The van der Waals surface area contributed by atoms with Gasteiger partial charge in [-0.2, -0.15) is 10.5 Å². The molecule has 458 valence electrons. The number of aromatic nitrogens is 4. The highest BCUT2D eigenvalue weighted by Crippen LogP contribution is 2.67. The van der Waals surface area contributed by atoms with Crippen molar-refractivity contribution in [2.45, 2.75) is 10.8 Å². The van der Waals surface area contributed by atoms with Crippen molar-refractivity contribution in [1.29, 1.82) is 10.5 Å². The van der Waals surface area contributed by atoms with E-state index in [1.165, 1.54) is 77.9 Å². The van der Waals surface area contributed by atoms with Crippen molar-refractivity contribution in [3.05, 3.63) is 371 Å². The second-order valence-corrected chi connectivity index (χ2v) is 27.4. The van der Waals surface area contributed by atoms with Crippen LogP contribution in [0.1, 0.15) is 55.6 Å². The van der Waals surface area contributed by atoms with Gasteiger partial charge in [-0.05, 0) is 138 Å². The molecule has 0 bridgehead atoms. The van der Waals surface area contributed by atoms with Crippen LogP contribution in [-0.4, -0.2) is 18.3 Å². The zero-order chi connectivity index (χ0) is 65.4. The molecule has 0 N–H and O–H groups in total. The predicted molar refractivity (Wildman–Crippen MR) is 406 cm³/mol. The zero-order valence-corrected chi connectivity index (χ0v) is 53.7. The number of benzene rings is 15. The number of rotatable bonds is 4. The van der Waals surface area contributed by atoms with E-state index in [2.05, 4.69) is 346 Å². The first-order valence-electron chi connectivity index (χ1n) is 34.4. The summed E-state index contributed by atoms with van der Waals surface area (Å²) in [4.78, 5) is 0. The summed E-state index contributed by atoms with van der Waals surface area (Å²) in [5.74, 6) is 0. The molecule has 100 heavy (non-hydrogen) atoms. The van der Waals surface area contributed by atoms with Crippen molar-refractivity contribution in [3.8, 4) is 79.4 Å². The summed E-state index contributed by atoms with van der Waals surface area (Å²) in [5, 5.41) is 35.2. The third-order valence-electron chi connectivity index (χ3n) is 23.3. The molecule has 19 aromatic rings. The van der Waals surface area contributed by atoms with Gasteiger partial charge in [0.1, 0.15) is 23.3 Å². The zero-order valence-electron chi connectivity index (χ0n) is 53.7. The molecule has 0 aliphatic heterocycles. The Morgan fingerprint density at radius 3 is 0.710 bits per heavy atom. The van der Waals surface area contributed by atoms with E-state index in [1.807, 2.05) is 0 Å². The lowest BCUT2D eigenvalue weighted by Gasteiger charge is -2.30. The van der Waals surface area contributed by atoms with Gasteiger partial charge in [-0.3, -0.25) is 0 Å². The molecular weight excluding hydrogens is 1210 g/mol. The summed E-state index contributed by atoms with van der Waals surface area (Å²) >= 11 is 0. The molecule has 23 rings (SSSR count). The van der Waals surface area contributed by atoms with Crippen LogP contribution in [0.2, 0.25) is 0 Å². The van der Waals surface area contributed by atoms with E-state index in [9.17, 15) is 10.5 Å². The van der Waals surface area contributed by atoms with E-state index < -0.39 is 10.8 Å². The topological polar surface area (TPSA) is 67.3 Å². The number of nitriles is 2. The van der Waals surface area contributed by atoms with E-state index >= 15 is 0 Å². The fourth-order valence-corrected chi connectivity index (χ4v) is 19.9. The maximum Gasteiger partial charge on any atom is 0.104 e. The van der Waals surface area contributed by atoms with Crippen LogP contribution < -0.4 is 0 Å². The van der Waals surface area contributed by atoms with Gasteiger partial charge in [-0.25, -0.2) is 0 Å². The molecule has 0 unspecified atom stereocenters. The SMILES string of the molecule is N#Cc1c(-n2c3ccccc3c3ccccc32)c(-n2c3ccccc3c3c4c(ccc32)C2(c3ccccc3-c3ccccc32)c2ccccc2-4)c(C#N)c(-n2c3ccccc3c3ccccc32)c1-n1c2ccccc2c2c3c(ccc21)C1(c2ccccc2-c2ccccc21)c1ccccc1-3. The van der Waals surface area contributed by atoms with Crippen LogP contribution in [-0.2, 0) is 10.8 Å². The largest absolute Gasteiger partial charge is 0.306 e. The predicted octanol–water partition coefficient (Wildman–Crippen LogP) is 22.5. The Morgan fingerprint density at radius 2 is 0.420 bits per heavy atom. The maximum atomic E-state index is 13.4. The van der Waals surface area contributed by atoms with Gasteiger partial charge < -0.3 is 18.3 Å². The molecular formula is C94H52N6. The highest BCUT2D eigenvalue weighted by molar-refractivity contribution is 6.22. The van der Waals surface area contributed by atoms with Gasteiger partial charge in [0.25, 0.3) is 0 Å². The molecule has 2 spiro atoms. The van der Waals surface area contributed by atoms with Crippen LogP contribution in [0.25, 0.3) is 154 Å². The minimum absolute atomic E-state index is 0.409. The average molecular weight is 1270 g/mol. The number of hydrogen-bond acceptors (Lipinski definition) is 2. The smallest absolute Gasteiger partial charge is 0.104 e. The molecule has 0 radical (unpaired) electrons. The summed E-state index contributed by atoms with van der Waals surface area (Å²) in [5.41, 5.74) is 29.0. The molecule has 15 aromatic carbocycles. The summed E-state index contributed by atoms with van der Waals surface area (Å²) in [6.07, 6.45) is 0. The molecule has 4 aromatic heterocycles. The molecule has 0 saturated heterocycles.